The molecular formula is C19H13BrClNO2. The van der Waals surface area contributed by atoms with Crippen LogP contribution in [0.4, 0.5) is 10.5 Å². The number of hydrogen-bond donors (Lipinski definition) is 1. The van der Waals surface area contributed by atoms with Gasteiger partial charge in [-0.05, 0) is 51.3 Å². The van der Waals surface area contributed by atoms with E-state index < -0.39 is 6.09 Å². The van der Waals surface area contributed by atoms with Gasteiger partial charge in [0.1, 0.15) is 5.75 Å². The van der Waals surface area contributed by atoms with E-state index >= 15 is 0 Å². The lowest BCUT2D eigenvalue weighted by Crippen LogP contribution is -2.17. The molecule has 0 bridgehead atoms. The molecule has 3 aromatic carbocycles. The van der Waals surface area contributed by atoms with Crippen molar-refractivity contribution >= 4 is 39.3 Å². The summed E-state index contributed by atoms with van der Waals surface area (Å²) in [6.07, 6.45) is -0.601. The molecule has 3 aromatic rings. The van der Waals surface area contributed by atoms with Gasteiger partial charge in [0.2, 0.25) is 0 Å². The molecule has 0 saturated carbocycles. The second-order valence-electron chi connectivity index (χ2n) is 5.01. The molecule has 3 rings (SSSR count). The number of carbonyl (C=O) groups is 1. The Hall–Kier alpha value is -2.30. The molecule has 0 unspecified atom stereocenters. The van der Waals surface area contributed by atoms with Crippen LogP contribution in [0.2, 0.25) is 5.02 Å². The highest BCUT2D eigenvalue weighted by atomic mass is 79.9. The number of anilines is 1. The fourth-order valence-electron chi connectivity index (χ4n) is 2.19. The molecule has 1 amide bonds. The minimum Gasteiger partial charge on any atom is -0.409 e. The molecule has 0 atom stereocenters. The summed E-state index contributed by atoms with van der Waals surface area (Å²) in [5.41, 5.74) is 2.62. The Labute approximate surface area is 153 Å². The third-order valence-corrected chi connectivity index (χ3v) is 4.30. The van der Waals surface area contributed by atoms with Gasteiger partial charge in [-0.15, -0.1) is 0 Å². The maximum atomic E-state index is 12.0. The lowest BCUT2D eigenvalue weighted by atomic mass is 10.1. The zero-order valence-corrected chi connectivity index (χ0v) is 14.8. The van der Waals surface area contributed by atoms with E-state index in [9.17, 15) is 4.79 Å². The van der Waals surface area contributed by atoms with Crippen LogP contribution in [0.1, 0.15) is 0 Å². The third kappa shape index (κ3) is 3.96. The van der Waals surface area contributed by atoms with E-state index in [0.29, 0.717) is 20.9 Å². The zero-order chi connectivity index (χ0) is 16.9. The van der Waals surface area contributed by atoms with E-state index in [0.717, 1.165) is 11.1 Å². The predicted octanol–water partition coefficient (Wildman–Crippen LogP) is 6.38. The van der Waals surface area contributed by atoms with Crippen molar-refractivity contribution in [2.45, 2.75) is 0 Å². The fourth-order valence-corrected chi connectivity index (χ4v) is 2.83. The minimum atomic E-state index is -0.601. The highest BCUT2D eigenvalue weighted by Gasteiger charge is 2.11. The van der Waals surface area contributed by atoms with Crippen LogP contribution in [0.25, 0.3) is 11.1 Å². The molecule has 0 aliphatic rings. The van der Waals surface area contributed by atoms with Crippen LogP contribution in [0.3, 0.4) is 0 Å². The van der Waals surface area contributed by atoms with E-state index in [-0.39, 0.29) is 0 Å². The van der Waals surface area contributed by atoms with Gasteiger partial charge < -0.3 is 4.74 Å². The summed E-state index contributed by atoms with van der Waals surface area (Å²) in [5.74, 6) is 0.430. The number of amides is 1. The van der Waals surface area contributed by atoms with Crippen molar-refractivity contribution in [3.63, 3.8) is 0 Å². The summed E-state index contributed by atoms with van der Waals surface area (Å²) in [6.45, 7) is 0. The topological polar surface area (TPSA) is 38.3 Å². The van der Waals surface area contributed by atoms with Gasteiger partial charge in [-0.1, -0.05) is 60.1 Å². The number of rotatable bonds is 3. The largest absolute Gasteiger partial charge is 0.417 e. The summed E-state index contributed by atoms with van der Waals surface area (Å²) >= 11 is 9.45. The summed E-state index contributed by atoms with van der Waals surface area (Å²) in [4.78, 5) is 12.0. The van der Waals surface area contributed by atoms with E-state index in [1.807, 2.05) is 42.5 Å². The van der Waals surface area contributed by atoms with E-state index in [4.69, 9.17) is 16.3 Å². The zero-order valence-electron chi connectivity index (χ0n) is 12.5. The first-order valence-corrected chi connectivity index (χ1v) is 8.39. The van der Waals surface area contributed by atoms with Crippen LogP contribution in [0.5, 0.6) is 5.75 Å². The molecule has 0 aliphatic carbocycles. The number of para-hydroxylation sites is 1. The Morgan fingerprint density at radius 1 is 0.917 bits per heavy atom. The van der Waals surface area contributed by atoms with Gasteiger partial charge in [-0.3, -0.25) is 5.32 Å². The Morgan fingerprint density at radius 3 is 2.33 bits per heavy atom. The first kappa shape index (κ1) is 16.6. The van der Waals surface area contributed by atoms with Crippen LogP contribution >= 0.6 is 27.5 Å². The maximum Gasteiger partial charge on any atom is 0.417 e. The van der Waals surface area contributed by atoms with Crippen LogP contribution in [-0.4, -0.2) is 6.09 Å². The second kappa shape index (κ2) is 7.51. The van der Waals surface area contributed by atoms with Crippen molar-refractivity contribution in [2.75, 3.05) is 5.32 Å². The Balaban J connectivity index is 1.74. The lowest BCUT2D eigenvalue weighted by Gasteiger charge is -2.10. The van der Waals surface area contributed by atoms with Crippen molar-refractivity contribution in [3.8, 4) is 16.9 Å². The molecule has 0 radical (unpaired) electrons. The summed E-state index contributed by atoms with van der Waals surface area (Å²) < 4.78 is 6.03. The highest BCUT2D eigenvalue weighted by molar-refractivity contribution is 9.10. The molecule has 0 fully saturated rings. The highest BCUT2D eigenvalue weighted by Crippen LogP contribution is 2.31. The smallest absolute Gasteiger partial charge is 0.409 e. The SMILES string of the molecule is O=C(Nc1ccccc1Cl)Oc1ccc(-c2ccccc2)cc1Br. The normalized spacial score (nSPS) is 10.2. The molecule has 3 nitrogen and oxygen atoms in total. The van der Waals surface area contributed by atoms with Gasteiger partial charge in [0, 0.05) is 0 Å². The summed E-state index contributed by atoms with van der Waals surface area (Å²) in [7, 11) is 0. The monoisotopic (exact) mass is 401 g/mol. The van der Waals surface area contributed by atoms with Crippen molar-refractivity contribution < 1.29 is 9.53 Å². The van der Waals surface area contributed by atoms with E-state index in [2.05, 4.69) is 21.2 Å². The fraction of sp³-hybridized carbons (Fsp3) is 0. The molecule has 0 heterocycles. The molecule has 0 aromatic heterocycles. The second-order valence-corrected chi connectivity index (χ2v) is 6.27. The van der Waals surface area contributed by atoms with E-state index in [1.165, 1.54) is 0 Å². The van der Waals surface area contributed by atoms with Gasteiger partial charge in [0.05, 0.1) is 15.2 Å². The predicted molar refractivity (Wildman–Crippen MR) is 101 cm³/mol. The Kier molecular flexibility index (Phi) is 5.18. The van der Waals surface area contributed by atoms with Crippen molar-refractivity contribution in [1.29, 1.82) is 0 Å². The van der Waals surface area contributed by atoms with E-state index in [1.54, 1.807) is 30.3 Å². The molecule has 1 N–H and O–H groups in total. The molecule has 5 heteroatoms. The average molecular weight is 403 g/mol. The molecular weight excluding hydrogens is 390 g/mol. The van der Waals surface area contributed by atoms with Crippen molar-refractivity contribution in [1.82, 2.24) is 0 Å². The van der Waals surface area contributed by atoms with Gasteiger partial charge in [-0.2, -0.15) is 0 Å². The van der Waals surface area contributed by atoms with Gasteiger partial charge in [0.25, 0.3) is 0 Å². The quantitative estimate of drug-likeness (QED) is 0.552. The van der Waals surface area contributed by atoms with Crippen LogP contribution in [-0.2, 0) is 0 Å². The number of carbonyl (C=O) groups excluding carboxylic acids is 1. The first-order chi connectivity index (χ1) is 11.6. The number of halogens is 2. The van der Waals surface area contributed by atoms with Gasteiger partial charge in [0.15, 0.2) is 0 Å². The number of benzene rings is 3. The lowest BCUT2D eigenvalue weighted by molar-refractivity contribution is 0.215. The number of nitrogens with one attached hydrogen (secondary N) is 1. The Morgan fingerprint density at radius 2 is 1.62 bits per heavy atom. The van der Waals surface area contributed by atoms with Crippen LogP contribution in [0, 0.1) is 0 Å². The number of hydrogen-bond acceptors (Lipinski definition) is 2. The molecule has 0 aliphatic heterocycles. The van der Waals surface area contributed by atoms with Crippen molar-refractivity contribution in [2.24, 2.45) is 0 Å². The first-order valence-electron chi connectivity index (χ1n) is 7.22. The standard InChI is InChI=1S/C19H13BrClNO2/c20-15-12-14(13-6-2-1-3-7-13)10-11-18(15)24-19(23)22-17-9-5-4-8-16(17)21/h1-12H,(H,22,23). The minimum absolute atomic E-state index is 0.430. The average Bonchev–Trinajstić information content (AvgIpc) is 2.59. The van der Waals surface area contributed by atoms with Gasteiger partial charge in [-0.25, -0.2) is 4.79 Å². The summed E-state index contributed by atoms with van der Waals surface area (Å²) in [5, 5.41) is 3.07. The molecule has 24 heavy (non-hydrogen) atoms. The maximum absolute atomic E-state index is 12.0. The van der Waals surface area contributed by atoms with Gasteiger partial charge >= 0.3 is 6.09 Å². The number of ether oxygens (including phenoxy) is 1. The molecule has 0 saturated heterocycles. The molecule has 0 spiro atoms. The Bertz CT molecular complexity index is 868. The third-order valence-electron chi connectivity index (χ3n) is 3.35. The molecule has 120 valence electrons. The van der Waals surface area contributed by atoms with Crippen molar-refractivity contribution in [3.05, 3.63) is 82.3 Å². The van der Waals surface area contributed by atoms with Crippen LogP contribution in [0.15, 0.2) is 77.3 Å². The van der Waals surface area contributed by atoms with Crippen LogP contribution < -0.4 is 10.1 Å². The summed E-state index contributed by atoms with van der Waals surface area (Å²) in [6, 6.07) is 22.5.